The molecule has 0 fully saturated rings. The molecule has 1 aromatic heterocycles. The van der Waals surface area contributed by atoms with Crippen molar-refractivity contribution in [2.75, 3.05) is 5.75 Å². The van der Waals surface area contributed by atoms with Crippen LogP contribution < -0.4 is 0 Å². The van der Waals surface area contributed by atoms with E-state index in [9.17, 15) is 9.59 Å². The zero-order valence-electron chi connectivity index (χ0n) is 7.44. The number of aldehydes is 1. The summed E-state index contributed by atoms with van der Waals surface area (Å²) >= 11 is 2.48. The molecule has 0 amide bonds. The molecule has 5 heteroatoms. The first-order chi connectivity index (χ1) is 6.72. The molecule has 0 aliphatic heterocycles. The van der Waals surface area contributed by atoms with E-state index in [0.717, 1.165) is 11.8 Å². The predicted molar refractivity (Wildman–Crippen MR) is 57.5 cm³/mol. The highest BCUT2D eigenvalue weighted by molar-refractivity contribution is 8.13. The van der Waals surface area contributed by atoms with Crippen molar-refractivity contribution in [2.45, 2.75) is 6.92 Å². The van der Waals surface area contributed by atoms with Crippen molar-refractivity contribution >= 4 is 34.5 Å². The van der Waals surface area contributed by atoms with Gasteiger partial charge in [-0.3, -0.25) is 9.59 Å². The smallest absolute Gasteiger partial charge is 0.186 e. The number of carbonyl (C=O) groups is 2. The second kappa shape index (κ2) is 5.58. The first-order valence-electron chi connectivity index (χ1n) is 3.75. The lowest BCUT2D eigenvalue weighted by Gasteiger charge is -1.83. The number of nitrogens with zero attached hydrogens (tertiary/aromatic N) is 1. The van der Waals surface area contributed by atoms with E-state index >= 15 is 0 Å². The van der Waals surface area contributed by atoms with Gasteiger partial charge in [0.05, 0.1) is 5.75 Å². The van der Waals surface area contributed by atoms with E-state index < -0.39 is 0 Å². The summed E-state index contributed by atoms with van der Waals surface area (Å²) < 4.78 is 0. The molecule has 3 nitrogen and oxygen atoms in total. The Morgan fingerprint density at radius 3 is 3.14 bits per heavy atom. The number of hydrogen-bond acceptors (Lipinski definition) is 5. The Labute approximate surface area is 89.9 Å². The van der Waals surface area contributed by atoms with Gasteiger partial charge in [-0.15, -0.1) is 11.3 Å². The van der Waals surface area contributed by atoms with Crippen molar-refractivity contribution < 1.29 is 9.59 Å². The van der Waals surface area contributed by atoms with Crippen LogP contribution in [-0.4, -0.2) is 22.1 Å². The van der Waals surface area contributed by atoms with E-state index in [1.807, 2.05) is 0 Å². The van der Waals surface area contributed by atoms with E-state index in [0.29, 0.717) is 22.7 Å². The Hall–Kier alpha value is -1.12. The summed E-state index contributed by atoms with van der Waals surface area (Å²) in [4.78, 5) is 24.8. The van der Waals surface area contributed by atoms with Gasteiger partial charge in [0.1, 0.15) is 5.69 Å². The number of aromatic nitrogens is 1. The third-order valence-corrected chi connectivity index (χ3v) is 2.66. The molecule has 0 spiro atoms. The lowest BCUT2D eigenvalue weighted by molar-refractivity contribution is -0.109. The van der Waals surface area contributed by atoms with Crippen LogP contribution >= 0.6 is 23.1 Å². The lowest BCUT2D eigenvalue weighted by atomic mass is 10.5. The predicted octanol–water partition coefficient (Wildman–Crippen LogP) is 1.59. The zero-order chi connectivity index (χ0) is 10.4. The Balaban J connectivity index is 2.50. The summed E-state index contributed by atoms with van der Waals surface area (Å²) in [5, 5.41) is 2.30. The van der Waals surface area contributed by atoms with E-state index in [1.165, 1.54) is 18.3 Å². The van der Waals surface area contributed by atoms with Crippen LogP contribution in [-0.2, 0) is 4.79 Å². The van der Waals surface area contributed by atoms with E-state index in [4.69, 9.17) is 0 Å². The maximum absolute atomic E-state index is 10.5. The molecule has 0 aliphatic carbocycles. The minimum atomic E-state index is 0.0482. The quantitative estimate of drug-likeness (QED) is 0.566. The van der Waals surface area contributed by atoms with E-state index in [2.05, 4.69) is 16.8 Å². The fourth-order valence-electron chi connectivity index (χ4n) is 0.647. The summed E-state index contributed by atoms with van der Waals surface area (Å²) in [7, 11) is 0. The van der Waals surface area contributed by atoms with Crippen LogP contribution in [0, 0.1) is 11.8 Å². The molecule has 0 saturated carbocycles. The average molecular weight is 225 g/mol. The van der Waals surface area contributed by atoms with Gasteiger partial charge in [0, 0.05) is 12.3 Å². The van der Waals surface area contributed by atoms with Crippen molar-refractivity contribution in [2.24, 2.45) is 0 Å². The van der Waals surface area contributed by atoms with Gasteiger partial charge in [-0.05, 0) is 5.92 Å². The topological polar surface area (TPSA) is 47.0 Å². The third-order valence-electron chi connectivity index (χ3n) is 1.19. The molecule has 0 radical (unpaired) electrons. The first kappa shape index (κ1) is 11.0. The van der Waals surface area contributed by atoms with Crippen LogP contribution in [0.5, 0.6) is 0 Å². The summed E-state index contributed by atoms with van der Waals surface area (Å²) in [6.45, 7) is 1.50. The van der Waals surface area contributed by atoms with Crippen LogP contribution in [0.1, 0.15) is 22.4 Å². The van der Waals surface area contributed by atoms with Gasteiger partial charge in [0.25, 0.3) is 0 Å². The summed E-state index contributed by atoms with van der Waals surface area (Å²) in [5.74, 6) is 6.04. The number of hydrogen-bond donors (Lipinski definition) is 0. The normalized spacial score (nSPS) is 8.93. The van der Waals surface area contributed by atoms with Crippen molar-refractivity contribution in [1.82, 2.24) is 4.98 Å². The SMILES string of the molecule is CC(=O)SCC#Cc1nc(C=O)cs1. The van der Waals surface area contributed by atoms with Gasteiger partial charge >= 0.3 is 0 Å². The Morgan fingerprint density at radius 2 is 2.57 bits per heavy atom. The summed E-state index contributed by atoms with van der Waals surface area (Å²) in [6, 6.07) is 0. The van der Waals surface area contributed by atoms with Gasteiger partial charge in [0.2, 0.25) is 0 Å². The van der Waals surface area contributed by atoms with Crippen LogP contribution in [0.4, 0.5) is 0 Å². The van der Waals surface area contributed by atoms with Gasteiger partial charge in [0.15, 0.2) is 16.4 Å². The molecule has 0 saturated heterocycles. The molecule has 14 heavy (non-hydrogen) atoms. The second-order valence-electron chi connectivity index (χ2n) is 2.28. The molecule has 72 valence electrons. The Bertz CT molecular complexity index is 400. The minimum Gasteiger partial charge on any atom is -0.296 e. The zero-order valence-corrected chi connectivity index (χ0v) is 9.08. The van der Waals surface area contributed by atoms with Gasteiger partial charge < -0.3 is 0 Å². The van der Waals surface area contributed by atoms with Crippen molar-refractivity contribution in [3.8, 4) is 11.8 Å². The third kappa shape index (κ3) is 3.73. The van der Waals surface area contributed by atoms with Gasteiger partial charge in [-0.2, -0.15) is 0 Å². The Kier molecular flexibility index (Phi) is 4.36. The van der Waals surface area contributed by atoms with Crippen LogP contribution in [0.2, 0.25) is 0 Å². The fraction of sp³-hybridized carbons (Fsp3) is 0.222. The fourth-order valence-corrected chi connectivity index (χ4v) is 1.62. The molecular formula is C9H7NO2S2. The lowest BCUT2D eigenvalue weighted by Crippen LogP contribution is -1.82. The van der Waals surface area contributed by atoms with Crippen LogP contribution in [0.15, 0.2) is 5.38 Å². The van der Waals surface area contributed by atoms with E-state index in [-0.39, 0.29) is 5.12 Å². The van der Waals surface area contributed by atoms with Gasteiger partial charge in [-0.1, -0.05) is 17.7 Å². The average Bonchev–Trinajstić information content (AvgIpc) is 2.60. The van der Waals surface area contributed by atoms with Crippen LogP contribution in [0.3, 0.4) is 0 Å². The molecule has 1 heterocycles. The highest BCUT2D eigenvalue weighted by Gasteiger charge is 1.96. The molecular weight excluding hydrogens is 218 g/mol. The maximum Gasteiger partial charge on any atom is 0.186 e. The molecule has 1 rings (SSSR count). The number of thiazole rings is 1. The van der Waals surface area contributed by atoms with Crippen molar-refractivity contribution in [3.05, 3.63) is 16.1 Å². The standard InChI is InChI=1S/C9H7NO2S2/c1-7(12)13-4-2-3-9-10-8(5-11)6-14-9/h5-6H,4H2,1H3. The molecule has 0 aromatic carbocycles. The summed E-state index contributed by atoms with van der Waals surface area (Å²) in [5.41, 5.74) is 0.401. The maximum atomic E-state index is 10.5. The number of thioether (sulfide) groups is 1. The number of rotatable bonds is 2. The second-order valence-corrected chi connectivity index (χ2v) is 4.29. The molecule has 0 N–H and O–H groups in total. The highest BCUT2D eigenvalue weighted by Crippen LogP contribution is 2.06. The minimum absolute atomic E-state index is 0.0482. The number of carbonyl (C=O) groups excluding carboxylic acids is 2. The van der Waals surface area contributed by atoms with Crippen LogP contribution in [0.25, 0.3) is 0 Å². The van der Waals surface area contributed by atoms with E-state index in [1.54, 1.807) is 5.38 Å². The molecule has 1 aromatic rings. The largest absolute Gasteiger partial charge is 0.296 e. The molecule has 0 atom stereocenters. The Morgan fingerprint density at radius 1 is 1.79 bits per heavy atom. The van der Waals surface area contributed by atoms with Crippen molar-refractivity contribution in [1.29, 1.82) is 0 Å². The monoisotopic (exact) mass is 225 g/mol. The van der Waals surface area contributed by atoms with Gasteiger partial charge in [-0.25, -0.2) is 4.98 Å². The molecule has 0 bridgehead atoms. The molecule has 0 unspecified atom stereocenters. The highest BCUT2D eigenvalue weighted by atomic mass is 32.2. The first-order valence-corrected chi connectivity index (χ1v) is 5.62. The molecule has 0 aliphatic rings. The van der Waals surface area contributed by atoms with Crippen molar-refractivity contribution in [3.63, 3.8) is 0 Å². The summed E-state index contributed by atoms with van der Waals surface area (Å²) in [6.07, 6.45) is 0.687.